The Morgan fingerprint density at radius 1 is 1.13 bits per heavy atom. The zero-order chi connectivity index (χ0) is 17.2. The number of carbonyl (C=O) groups is 2. The Balaban J connectivity index is 1.65. The van der Waals surface area contributed by atoms with Crippen molar-refractivity contribution in [2.24, 2.45) is 46.3 Å². The maximum Gasteiger partial charge on any atom is 0.320 e. The van der Waals surface area contributed by atoms with Crippen LogP contribution in [0.3, 0.4) is 0 Å². The summed E-state index contributed by atoms with van der Waals surface area (Å²) in [7, 11) is 2.65. The Kier molecular flexibility index (Phi) is 3.81. The largest absolute Gasteiger partial charge is 0.468 e. The minimum atomic E-state index is -0.775. The molecule has 3 saturated carbocycles. The van der Waals surface area contributed by atoms with E-state index in [0.717, 1.165) is 30.1 Å². The number of hydrogen-bond acceptors (Lipinski definition) is 4. The molecule has 6 atom stereocenters. The van der Waals surface area contributed by atoms with Gasteiger partial charge in [0.25, 0.3) is 0 Å². The summed E-state index contributed by atoms with van der Waals surface area (Å²) < 4.78 is 9.54. The summed E-state index contributed by atoms with van der Waals surface area (Å²) in [6.07, 6.45) is 2.67. The highest BCUT2D eigenvalue weighted by Crippen LogP contribution is 2.85. The SMILES string of the molecule is COC(=O)C(CCC1C[C@H]2C(C1(C)C)[C@]1(C)[C@H]2[C@@H]1C)C(=O)OC. The fraction of sp³-hybridized carbons (Fsp3) is 0.895. The van der Waals surface area contributed by atoms with Crippen molar-refractivity contribution in [3.8, 4) is 0 Å². The second-order valence-electron chi connectivity index (χ2n) is 8.75. The molecule has 0 spiro atoms. The van der Waals surface area contributed by atoms with Crippen LogP contribution in [-0.2, 0) is 19.1 Å². The smallest absolute Gasteiger partial charge is 0.320 e. The quantitative estimate of drug-likeness (QED) is 0.576. The molecule has 0 aromatic carbocycles. The number of rotatable bonds is 5. The standard InChI is InChI=1S/C19H30O4/c1-10-14-13-9-11(18(2,3)15(13)19(10,14)4)7-8-12(16(20)22-5)17(21)23-6/h10-15H,7-9H2,1-6H3/t10-,11?,13+,14-,15?,19-/m0/s1. The van der Waals surface area contributed by atoms with Gasteiger partial charge in [0.15, 0.2) is 5.92 Å². The molecule has 4 nitrogen and oxygen atoms in total. The molecule has 23 heavy (non-hydrogen) atoms. The Hall–Kier alpha value is -1.06. The van der Waals surface area contributed by atoms with E-state index < -0.39 is 17.9 Å². The monoisotopic (exact) mass is 322 g/mol. The van der Waals surface area contributed by atoms with Crippen molar-refractivity contribution in [3.05, 3.63) is 0 Å². The first-order chi connectivity index (χ1) is 10.7. The van der Waals surface area contributed by atoms with E-state index >= 15 is 0 Å². The molecule has 0 saturated heterocycles. The maximum absolute atomic E-state index is 11.8. The van der Waals surface area contributed by atoms with Crippen LogP contribution in [0.15, 0.2) is 0 Å². The van der Waals surface area contributed by atoms with Crippen LogP contribution in [0.1, 0.15) is 47.0 Å². The molecule has 0 bridgehead atoms. The van der Waals surface area contributed by atoms with Crippen molar-refractivity contribution in [1.29, 1.82) is 0 Å². The van der Waals surface area contributed by atoms with Crippen LogP contribution in [0.5, 0.6) is 0 Å². The first-order valence-corrected chi connectivity index (χ1v) is 8.86. The molecule has 3 aliphatic carbocycles. The van der Waals surface area contributed by atoms with E-state index in [1.165, 1.54) is 20.6 Å². The van der Waals surface area contributed by atoms with Gasteiger partial charge in [0, 0.05) is 0 Å². The fourth-order valence-electron chi connectivity index (χ4n) is 6.66. The Morgan fingerprint density at radius 3 is 2.17 bits per heavy atom. The van der Waals surface area contributed by atoms with Gasteiger partial charge >= 0.3 is 11.9 Å². The summed E-state index contributed by atoms with van der Waals surface area (Å²) in [6, 6.07) is 0. The van der Waals surface area contributed by atoms with Crippen LogP contribution in [0.4, 0.5) is 0 Å². The van der Waals surface area contributed by atoms with Gasteiger partial charge in [-0.2, -0.15) is 0 Å². The van der Waals surface area contributed by atoms with Gasteiger partial charge in [0.05, 0.1) is 14.2 Å². The Morgan fingerprint density at radius 2 is 1.70 bits per heavy atom. The van der Waals surface area contributed by atoms with Gasteiger partial charge in [-0.1, -0.05) is 27.7 Å². The van der Waals surface area contributed by atoms with Crippen molar-refractivity contribution in [2.75, 3.05) is 14.2 Å². The number of fused-ring (bicyclic) bond motifs is 4. The van der Waals surface area contributed by atoms with E-state index in [1.807, 2.05) is 0 Å². The summed E-state index contributed by atoms with van der Waals surface area (Å²) in [6.45, 7) is 9.64. The van der Waals surface area contributed by atoms with Gasteiger partial charge < -0.3 is 9.47 Å². The molecule has 3 fully saturated rings. The summed E-state index contributed by atoms with van der Waals surface area (Å²) in [5, 5.41) is 0. The van der Waals surface area contributed by atoms with Gasteiger partial charge in [-0.15, -0.1) is 0 Å². The van der Waals surface area contributed by atoms with Crippen molar-refractivity contribution in [1.82, 2.24) is 0 Å². The molecule has 3 aliphatic rings. The molecule has 130 valence electrons. The Bertz CT molecular complexity index is 509. The van der Waals surface area contributed by atoms with Crippen LogP contribution < -0.4 is 0 Å². The van der Waals surface area contributed by atoms with Crippen molar-refractivity contribution < 1.29 is 19.1 Å². The van der Waals surface area contributed by atoms with Crippen molar-refractivity contribution in [3.63, 3.8) is 0 Å². The number of carbonyl (C=O) groups excluding carboxylic acids is 2. The number of esters is 2. The van der Waals surface area contributed by atoms with Crippen LogP contribution in [0.2, 0.25) is 0 Å². The molecule has 0 aliphatic heterocycles. The summed E-state index contributed by atoms with van der Waals surface area (Å²) in [5.41, 5.74) is 0.838. The van der Waals surface area contributed by atoms with Crippen LogP contribution >= 0.6 is 0 Å². The highest BCUT2D eigenvalue weighted by Gasteiger charge is 2.80. The fourth-order valence-corrected chi connectivity index (χ4v) is 6.66. The minimum absolute atomic E-state index is 0.289. The zero-order valence-electron chi connectivity index (χ0n) is 15.2. The average molecular weight is 322 g/mol. The zero-order valence-corrected chi connectivity index (χ0v) is 15.2. The van der Waals surface area contributed by atoms with Gasteiger partial charge in [0.2, 0.25) is 0 Å². The number of hydrogen-bond donors (Lipinski definition) is 0. The van der Waals surface area contributed by atoms with E-state index in [0.29, 0.717) is 17.8 Å². The summed E-state index contributed by atoms with van der Waals surface area (Å²) in [4.78, 5) is 23.7. The van der Waals surface area contributed by atoms with Crippen LogP contribution in [-0.4, -0.2) is 26.2 Å². The van der Waals surface area contributed by atoms with E-state index in [1.54, 1.807) is 0 Å². The third-order valence-electron chi connectivity index (χ3n) is 7.87. The molecule has 4 heteroatoms. The molecule has 0 N–H and O–H groups in total. The molecule has 2 unspecified atom stereocenters. The molecule has 0 aromatic rings. The lowest BCUT2D eigenvalue weighted by Crippen LogP contribution is -2.41. The first-order valence-electron chi connectivity index (χ1n) is 8.86. The van der Waals surface area contributed by atoms with Crippen molar-refractivity contribution >= 4 is 11.9 Å². The summed E-state index contributed by atoms with van der Waals surface area (Å²) >= 11 is 0. The predicted octanol–water partition coefficient (Wildman–Crippen LogP) is 3.29. The predicted molar refractivity (Wildman–Crippen MR) is 86.4 cm³/mol. The lowest BCUT2D eigenvalue weighted by atomic mass is 9.58. The maximum atomic E-state index is 11.8. The molecule has 0 heterocycles. The topological polar surface area (TPSA) is 52.6 Å². The highest BCUT2D eigenvalue weighted by atomic mass is 16.5. The lowest BCUT2D eigenvalue weighted by molar-refractivity contribution is -0.159. The molecule has 0 aromatic heterocycles. The first kappa shape index (κ1) is 16.8. The summed E-state index contributed by atoms with van der Waals surface area (Å²) in [5.74, 6) is 2.29. The second kappa shape index (κ2) is 5.22. The normalized spacial score (nSPS) is 42.5. The average Bonchev–Trinajstić information content (AvgIpc) is 2.83. The molecular weight excluding hydrogens is 292 g/mol. The van der Waals surface area contributed by atoms with E-state index in [2.05, 4.69) is 27.7 Å². The van der Waals surface area contributed by atoms with Gasteiger partial charge in [-0.05, 0) is 59.7 Å². The van der Waals surface area contributed by atoms with Gasteiger partial charge in [0.1, 0.15) is 0 Å². The number of methoxy groups -OCH3 is 2. The lowest BCUT2D eigenvalue weighted by Gasteiger charge is -2.46. The van der Waals surface area contributed by atoms with Crippen LogP contribution in [0.25, 0.3) is 0 Å². The molecule has 3 rings (SSSR count). The molecule has 0 radical (unpaired) electrons. The van der Waals surface area contributed by atoms with E-state index in [4.69, 9.17) is 9.47 Å². The third-order valence-corrected chi connectivity index (χ3v) is 7.87. The van der Waals surface area contributed by atoms with E-state index in [9.17, 15) is 9.59 Å². The third kappa shape index (κ3) is 2.09. The van der Waals surface area contributed by atoms with Gasteiger partial charge in [-0.3, -0.25) is 9.59 Å². The minimum Gasteiger partial charge on any atom is -0.468 e. The highest BCUT2D eigenvalue weighted by molar-refractivity contribution is 5.94. The van der Waals surface area contributed by atoms with E-state index in [-0.39, 0.29) is 5.41 Å². The molecule has 0 amide bonds. The molecular formula is C19H30O4. The Labute approximate surface area is 139 Å². The number of ether oxygens (including phenoxy) is 2. The van der Waals surface area contributed by atoms with Gasteiger partial charge in [-0.25, -0.2) is 0 Å². The van der Waals surface area contributed by atoms with Crippen molar-refractivity contribution in [2.45, 2.75) is 47.0 Å². The second-order valence-corrected chi connectivity index (χ2v) is 8.75. The van der Waals surface area contributed by atoms with Crippen LogP contribution in [0, 0.1) is 46.3 Å².